The van der Waals surface area contributed by atoms with Crippen molar-refractivity contribution in [3.05, 3.63) is 29.8 Å². The molecule has 0 saturated carbocycles. The number of benzene rings is 1. The maximum absolute atomic E-state index is 12.5. The third-order valence-electron chi connectivity index (χ3n) is 4.33. The van der Waals surface area contributed by atoms with Crippen LogP contribution in [-0.4, -0.2) is 43.0 Å². The van der Waals surface area contributed by atoms with Crippen LogP contribution in [0.5, 0.6) is 5.75 Å². The molecule has 2 saturated heterocycles. The van der Waals surface area contributed by atoms with Crippen LogP contribution in [0.4, 0.5) is 0 Å². The van der Waals surface area contributed by atoms with E-state index >= 15 is 0 Å². The Balaban J connectivity index is 1.67. The molecular formula is C16H20N2O3. The molecule has 1 aromatic rings. The minimum Gasteiger partial charge on any atom is -0.494 e. The minimum atomic E-state index is -0.0436. The average molecular weight is 288 g/mol. The van der Waals surface area contributed by atoms with Crippen LogP contribution in [0.15, 0.2) is 24.3 Å². The quantitative estimate of drug-likeness (QED) is 0.915. The first kappa shape index (κ1) is 13.9. The zero-order valence-corrected chi connectivity index (χ0v) is 12.2. The van der Waals surface area contributed by atoms with Gasteiger partial charge in [-0.2, -0.15) is 0 Å². The summed E-state index contributed by atoms with van der Waals surface area (Å²) in [4.78, 5) is 25.8. The van der Waals surface area contributed by atoms with Gasteiger partial charge in [-0.1, -0.05) is 0 Å². The van der Waals surface area contributed by atoms with Gasteiger partial charge >= 0.3 is 0 Å². The van der Waals surface area contributed by atoms with Crippen LogP contribution < -0.4 is 10.1 Å². The molecule has 2 aliphatic rings. The fourth-order valence-electron chi connectivity index (χ4n) is 3.19. The molecule has 3 rings (SSSR count). The summed E-state index contributed by atoms with van der Waals surface area (Å²) in [7, 11) is 0. The molecule has 1 spiro atoms. The molecule has 0 aliphatic carbocycles. The highest BCUT2D eigenvalue weighted by molar-refractivity contribution is 5.94. The Labute approximate surface area is 124 Å². The normalized spacial score (nSPS) is 24.4. The molecule has 112 valence electrons. The van der Waals surface area contributed by atoms with Gasteiger partial charge in [-0.25, -0.2) is 0 Å². The van der Waals surface area contributed by atoms with E-state index in [1.807, 2.05) is 24.0 Å². The number of amides is 2. The van der Waals surface area contributed by atoms with Gasteiger partial charge in [0.2, 0.25) is 5.91 Å². The summed E-state index contributed by atoms with van der Waals surface area (Å²) >= 11 is 0. The van der Waals surface area contributed by atoms with Gasteiger partial charge in [0, 0.05) is 37.0 Å². The van der Waals surface area contributed by atoms with Crippen LogP contribution in [0.1, 0.15) is 30.1 Å². The Hall–Kier alpha value is -2.04. The fraction of sp³-hybridized carbons (Fsp3) is 0.500. The van der Waals surface area contributed by atoms with E-state index in [2.05, 4.69) is 5.32 Å². The lowest BCUT2D eigenvalue weighted by Crippen LogP contribution is -2.33. The molecule has 2 aliphatic heterocycles. The van der Waals surface area contributed by atoms with Gasteiger partial charge in [-0.05, 0) is 37.6 Å². The van der Waals surface area contributed by atoms with Crippen LogP contribution in [0.3, 0.4) is 0 Å². The zero-order chi connectivity index (χ0) is 14.9. The topological polar surface area (TPSA) is 58.6 Å². The van der Waals surface area contributed by atoms with Gasteiger partial charge in [0.05, 0.1) is 6.61 Å². The Morgan fingerprint density at radius 2 is 2.14 bits per heavy atom. The first-order valence-electron chi connectivity index (χ1n) is 7.41. The predicted octanol–water partition coefficient (Wildman–Crippen LogP) is 1.44. The van der Waals surface area contributed by atoms with Crippen LogP contribution in [-0.2, 0) is 4.79 Å². The maximum atomic E-state index is 12.5. The summed E-state index contributed by atoms with van der Waals surface area (Å²) in [5, 5.41) is 2.88. The van der Waals surface area contributed by atoms with Gasteiger partial charge in [0.1, 0.15) is 5.75 Å². The number of rotatable bonds is 3. The van der Waals surface area contributed by atoms with Gasteiger partial charge in [-0.15, -0.1) is 0 Å². The standard InChI is InChI=1S/C16H20N2O3/c1-2-21-13-5-3-12(4-6-13)15(20)18-8-7-16(11-18)9-14(19)17-10-16/h3-6H,2,7-11H2,1H3,(H,17,19). The van der Waals surface area contributed by atoms with E-state index in [-0.39, 0.29) is 17.2 Å². The average Bonchev–Trinajstić information content (AvgIpc) is 3.06. The van der Waals surface area contributed by atoms with Crippen LogP contribution >= 0.6 is 0 Å². The lowest BCUT2D eigenvalue weighted by molar-refractivity contribution is -0.119. The van der Waals surface area contributed by atoms with E-state index in [4.69, 9.17) is 4.74 Å². The molecular weight excluding hydrogens is 268 g/mol. The first-order valence-corrected chi connectivity index (χ1v) is 7.41. The Bertz CT molecular complexity index is 555. The largest absolute Gasteiger partial charge is 0.494 e. The maximum Gasteiger partial charge on any atom is 0.253 e. The van der Waals surface area contributed by atoms with Crippen molar-refractivity contribution in [2.75, 3.05) is 26.2 Å². The van der Waals surface area contributed by atoms with Crippen molar-refractivity contribution in [3.8, 4) is 5.75 Å². The number of nitrogens with zero attached hydrogens (tertiary/aromatic N) is 1. The van der Waals surface area contributed by atoms with Crippen molar-refractivity contribution in [1.82, 2.24) is 10.2 Å². The number of carbonyl (C=O) groups excluding carboxylic acids is 2. The number of nitrogens with one attached hydrogen (secondary N) is 1. The lowest BCUT2D eigenvalue weighted by atomic mass is 9.86. The van der Waals surface area contributed by atoms with Crippen molar-refractivity contribution in [2.24, 2.45) is 5.41 Å². The van der Waals surface area contributed by atoms with Gasteiger partial charge in [-0.3, -0.25) is 9.59 Å². The van der Waals surface area contributed by atoms with Crippen molar-refractivity contribution in [2.45, 2.75) is 19.8 Å². The first-order chi connectivity index (χ1) is 10.1. The molecule has 2 amide bonds. The monoisotopic (exact) mass is 288 g/mol. The second-order valence-corrected chi connectivity index (χ2v) is 5.89. The highest BCUT2D eigenvalue weighted by Gasteiger charge is 2.45. The summed E-state index contributed by atoms with van der Waals surface area (Å²) in [5.41, 5.74) is 0.630. The van der Waals surface area contributed by atoms with Crippen LogP contribution in [0.25, 0.3) is 0 Å². The molecule has 1 aromatic carbocycles. The SMILES string of the molecule is CCOc1ccc(C(=O)N2CCC3(CNC(=O)C3)C2)cc1. The highest BCUT2D eigenvalue weighted by atomic mass is 16.5. The number of hydrogen-bond acceptors (Lipinski definition) is 3. The molecule has 5 heteroatoms. The van der Waals surface area contributed by atoms with Gasteiger partial charge in [0.25, 0.3) is 5.91 Å². The van der Waals surface area contributed by atoms with Crippen molar-refractivity contribution in [3.63, 3.8) is 0 Å². The third-order valence-corrected chi connectivity index (χ3v) is 4.33. The van der Waals surface area contributed by atoms with E-state index in [9.17, 15) is 9.59 Å². The second-order valence-electron chi connectivity index (χ2n) is 5.89. The highest BCUT2D eigenvalue weighted by Crippen LogP contribution is 2.37. The molecule has 21 heavy (non-hydrogen) atoms. The predicted molar refractivity (Wildman–Crippen MR) is 78.2 cm³/mol. The molecule has 1 atom stereocenters. The smallest absolute Gasteiger partial charge is 0.253 e. The van der Waals surface area contributed by atoms with E-state index in [0.717, 1.165) is 18.7 Å². The molecule has 1 unspecified atom stereocenters. The number of ether oxygens (including phenoxy) is 1. The van der Waals surface area contributed by atoms with Crippen molar-refractivity contribution >= 4 is 11.8 Å². The lowest BCUT2D eigenvalue weighted by Gasteiger charge is -2.22. The molecule has 1 N–H and O–H groups in total. The summed E-state index contributed by atoms with van der Waals surface area (Å²) in [6, 6.07) is 7.25. The fourth-order valence-corrected chi connectivity index (χ4v) is 3.19. The summed E-state index contributed by atoms with van der Waals surface area (Å²) in [6.07, 6.45) is 1.44. The van der Waals surface area contributed by atoms with Gasteiger partial charge in [0.15, 0.2) is 0 Å². The van der Waals surface area contributed by atoms with Gasteiger partial charge < -0.3 is 15.0 Å². The van der Waals surface area contributed by atoms with E-state index in [0.29, 0.717) is 31.7 Å². The third kappa shape index (κ3) is 2.73. The molecule has 0 radical (unpaired) electrons. The van der Waals surface area contributed by atoms with E-state index in [1.54, 1.807) is 12.1 Å². The van der Waals surface area contributed by atoms with Crippen LogP contribution in [0, 0.1) is 5.41 Å². The second kappa shape index (κ2) is 5.39. The van der Waals surface area contributed by atoms with E-state index in [1.165, 1.54) is 0 Å². The number of likely N-dealkylation sites (tertiary alicyclic amines) is 1. The Morgan fingerprint density at radius 1 is 1.38 bits per heavy atom. The summed E-state index contributed by atoms with van der Waals surface area (Å²) in [5.74, 6) is 0.914. The summed E-state index contributed by atoms with van der Waals surface area (Å²) in [6.45, 7) is 4.63. The summed E-state index contributed by atoms with van der Waals surface area (Å²) < 4.78 is 5.38. The zero-order valence-electron chi connectivity index (χ0n) is 12.2. The molecule has 0 bridgehead atoms. The number of carbonyl (C=O) groups is 2. The number of hydrogen-bond donors (Lipinski definition) is 1. The molecule has 2 heterocycles. The van der Waals surface area contributed by atoms with Crippen LogP contribution in [0.2, 0.25) is 0 Å². The minimum absolute atomic E-state index is 0.0364. The van der Waals surface area contributed by atoms with Crippen molar-refractivity contribution < 1.29 is 14.3 Å². The van der Waals surface area contributed by atoms with E-state index < -0.39 is 0 Å². The molecule has 2 fully saturated rings. The molecule has 5 nitrogen and oxygen atoms in total. The Morgan fingerprint density at radius 3 is 2.76 bits per heavy atom. The molecule has 0 aromatic heterocycles. The van der Waals surface area contributed by atoms with Crippen molar-refractivity contribution in [1.29, 1.82) is 0 Å². The Kier molecular flexibility index (Phi) is 3.57.